The second-order valence-electron chi connectivity index (χ2n) is 4.38. The van der Waals surface area contributed by atoms with Gasteiger partial charge in [-0.2, -0.15) is 4.98 Å². The molecule has 5 nitrogen and oxygen atoms in total. The van der Waals surface area contributed by atoms with Crippen molar-refractivity contribution < 1.29 is 9.26 Å². The highest BCUT2D eigenvalue weighted by atomic mass is 35.5. The van der Waals surface area contributed by atoms with Crippen LogP contribution in [0.15, 0.2) is 28.8 Å². The van der Waals surface area contributed by atoms with Gasteiger partial charge in [0.2, 0.25) is 11.7 Å². The van der Waals surface area contributed by atoms with Crippen LogP contribution in [0.3, 0.4) is 0 Å². The molecule has 3 rings (SSSR count). The van der Waals surface area contributed by atoms with E-state index in [0.29, 0.717) is 11.7 Å². The quantitative estimate of drug-likeness (QED) is 0.935. The second kappa shape index (κ2) is 6.04. The van der Waals surface area contributed by atoms with E-state index in [-0.39, 0.29) is 12.4 Å². The van der Waals surface area contributed by atoms with E-state index in [1.807, 2.05) is 24.3 Å². The zero-order valence-corrected chi connectivity index (χ0v) is 11.4. The monoisotopic (exact) mass is 281 g/mol. The van der Waals surface area contributed by atoms with Crippen LogP contribution in [0, 0.1) is 0 Å². The van der Waals surface area contributed by atoms with Gasteiger partial charge in [-0.1, -0.05) is 17.3 Å². The van der Waals surface area contributed by atoms with Crippen molar-refractivity contribution in [3.05, 3.63) is 30.2 Å². The van der Waals surface area contributed by atoms with E-state index in [1.165, 1.54) is 0 Å². The first-order valence-corrected chi connectivity index (χ1v) is 6.05. The average Bonchev–Trinajstić information content (AvgIpc) is 3.09. The molecule has 1 aliphatic rings. The number of hydrogen-bond donors (Lipinski definition) is 1. The summed E-state index contributed by atoms with van der Waals surface area (Å²) in [5.74, 6) is 2.48. The van der Waals surface area contributed by atoms with Crippen LogP contribution < -0.4 is 10.1 Å². The Kier molecular flexibility index (Phi) is 4.39. The Morgan fingerprint density at radius 1 is 1.42 bits per heavy atom. The molecule has 0 radical (unpaired) electrons. The first kappa shape index (κ1) is 13.8. The molecule has 0 spiro atoms. The van der Waals surface area contributed by atoms with Crippen LogP contribution >= 0.6 is 12.4 Å². The molecule has 1 atom stereocenters. The number of rotatable bonds is 3. The number of benzene rings is 1. The highest BCUT2D eigenvalue weighted by Gasteiger charge is 2.23. The molecular formula is C13H16ClN3O2. The minimum absolute atomic E-state index is 0. The number of nitrogens with one attached hydrogen (secondary N) is 1. The van der Waals surface area contributed by atoms with Crippen molar-refractivity contribution >= 4 is 12.4 Å². The summed E-state index contributed by atoms with van der Waals surface area (Å²) in [6.45, 7) is 1.93. The lowest BCUT2D eigenvalue weighted by atomic mass is 10.1. The molecule has 1 saturated heterocycles. The Morgan fingerprint density at radius 2 is 2.32 bits per heavy atom. The van der Waals surface area contributed by atoms with Gasteiger partial charge in [-0.3, -0.25) is 0 Å². The third-order valence-electron chi connectivity index (χ3n) is 3.18. The number of halogens is 1. The summed E-state index contributed by atoms with van der Waals surface area (Å²) in [7, 11) is 1.64. The molecule has 1 fully saturated rings. The molecule has 1 N–H and O–H groups in total. The van der Waals surface area contributed by atoms with Gasteiger partial charge in [-0.05, 0) is 25.1 Å². The van der Waals surface area contributed by atoms with Crippen molar-refractivity contribution in [2.24, 2.45) is 0 Å². The largest absolute Gasteiger partial charge is 0.497 e. The highest BCUT2D eigenvalue weighted by Crippen LogP contribution is 2.25. The number of aromatic nitrogens is 2. The van der Waals surface area contributed by atoms with Crippen molar-refractivity contribution in [3.63, 3.8) is 0 Å². The fourth-order valence-electron chi connectivity index (χ4n) is 2.15. The normalized spacial score (nSPS) is 18.1. The molecule has 6 heteroatoms. The molecule has 0 amide bonds. The minimum atomic E-state index is 0. The zero-order valence-electron chi connectivity index (χ0n) is 10.6. The van der Waals surface area contributed by atoms with Crippen molar-refractivity contribution in [1.82, 2.24) is 15.5 Å². The van der Waals surface area contributed by atoms with Crippen LogP contribution in [0.4, 0.5) is 0 Å². The molecule has 1 aromatic heterocycles. The Labute approximate surface area is 117 Å². The maximum atomic E-state index is 5.33. The predicted octanol–water partition coefficient (Wildman–Crippen LogP) is 2.24. The van der Waals surface area contributed by atoms with Crippen molar-refractivity contribution in [2.45, 2.75) is 12.3 Å². The van der Waals surface area contributed by atoms with Crippen molar-refractivity contribution in [1.29, 1.82) is 0 Å². The van der Waals surface area contributed by atoms with E-state index in [4.69, 9.17) is 9.26 Å². The molecule has 102 valence electrons. The zero-order chi connectivity index (χ0) is 12.4. The molecule has 19 heavy (non-hydrogen) atoms. The van der Waals surface area contributed by atoms with Gasteiger partial charge in [0, 0.05) is 12.1 Å². The summed E-state index contributed by atoms with van der Waals surface area (Å²) in [6.07, 6.45) is 1.06. The Bertz CT molecular complexity index is 538. The lowest BCUT2D eigenvalue weighted by Crippen LogP contribution is -2.08. The molecule has 1 aliphatic heterocycles. The number of ether oxygens (including phenoxy) is 1. The van der Waals surface area contributed by atoms with Gasteiger partial charge in [0.25, 0.3) is 0 Å². The fourth-order valence-corrected chi connectivity index (χ4v) is 2.15. The number of nitrogens with zero attached hydrogens (tertiary/aromatic N) is 2. The van der Waals surface area contributed by atoms with E-state index in [9.17, 15) is 0 Å². The van der Waals surface area contributed by atoms with E-state index in [1.54, 1.807) is 7.11 Å². The molecule has 0 bridgehead atoms. The Balaban J connectivity index is 0.00000133. The van der Waals surface area contributed by atoms with Crippen LogP contribution in [0.1, 0.15) is 18.2 Å². The first-order valence-electron chi connectivity index (χ1n) is 6.05. The predicted molar refractivity (Wildman–Crippen MR) is 73.8 cm³/mol. The smallest absolute Gasteiger partial charge is 0.231 e. The van der Waals surface area contributed by atoms with Crippen LogP contribution in [0.2, 0.25) is 0 Å². The molecule has 0 unspecified atom stereocenters. The number of hydrogen-bond acceptors (Lipinski definition) is 5. The summed E-state index contributed by atoms with van der Waals surface area (Å²) in [4.78, 5) is 4.46. The first-order chi connectivity index (χ1) is 8.86. The lowest BCUT2D eigenvalue weighted by Gasteiger charge is -2.00. The molecule has 0 saturated carbocycles. The Morgan fingerprint density at radius 3 is 3.05 bits per heavy atom. The van der Waals surface area contributed by atoms with Gasteiger partial charge in [0.05, 0.1) is 13.0 Å². The van der Waals surface area contributed by atoms with E-state index in [0.717, 1.165) is 36.7 Å². The van der Waals surface area contributed by atoms with Gasteiger partial charge >= 0.3 is 0 Å². The molecule has 0 aliphatic carbocycles. The van der Waals surface area contributed by atoms with E-state index >= 15 is 0 Å². The third kappa shape index (κ3) is 2.88. The van der Waals surface area contributed by atoms with Gasteiger partial charge in [0.15, 0.2) is 0 Å². The summed E-state index contributed by atoms with van der Waals surface area (Å²) >= 11 is 0. The second-order valence-corrected chi connectivity index (χ2v) is 4.38. The molecular weight excluding hydrogens is 266 g/mol. The molecule has 2 heterocycles. The molecule has 1 aromatic carbocycles. The van der Waals surface area contributed by atoms with Gasteiger partial charge in [0.1, 0.15) is 5.75 Å². The standard InChI is InChI=1S/C13H15N3O2.ClH/c1-17-11-4-2-3-9(7-11)12-15-13(18-16-12)10-5-6-14-8-10;/h2-4,7,10,14H,5-6,8H2,1H3;1H/t10-;/m0./s1. The number of methoxy groups -OCH3 is 1. The summed E-state index contributed by atoms with van der Waals surface area (Å²) in [5, 5.41) is 7.33. The SMILES string of the molecule is COc1cccc(-c2noc([C@H]3CCNC3)n2)c1.Cl. The van der Waals surface area contributed by atoms with Gasteiger partial charge in [-0.25, -0.2) is 0 Å². The fraction of sp³-hybridized carbons (Fsp3) is 0.385. The maximum absolute atomic E-state index is 5.33. The third-order valence-corrected chi connectivity index (χ3v) is 3.18. The van der Waals surface area contributed by atoms with Crippen molar-refractivity contribution in [3.8, 4) is 17.1 Å². The summed E-state index contributed by atoms with van der Waals surface area (Å²) in [5.41, 5.74) is 0.912. The van der Waals surface area contributed by atoms with Gasteiger partial charge < -0.3 is 14.6 Å². The highest BCUT2D eigenvalue weighted by molar-refractivity contribution is 5.85. The van der Waals surface area contributed by atoms with E-state index in [2.05, 4.69) is 15.5 Å². The maximum Gasteiger partial charge on any atom is 0.231 e. The van der Waals surface area contributed by atoms with Gasteiger partial charge in [-0.15, -0.1) is 12.4 Å². The van der Waals surface area contributed by atoms with E-state index < -0.39 is 0 Å². The summed E-state index contributed by atoms with van der Waals surface area (Å²) < 4.78 is 10.5. The minimum Gasteiger partial charge on any atom is -0.497 e. The van der Waals surface area contributed by atoms with Crippen molar-refractivity contribution in [2.75, 3.05) is 20.2 Å². The van der Waals surface area contributed by atoms with Crippen LogP contribution in [-0.2, 0) is 0 Å². The topological polar surface area (TPSA) is 60.2 Å². The van der Waals surface area contributed by atoms with Crippen LogP contribution in [0.25, 0.3) is 11.4 Å². The lowest BCUT2D eigenvalue weighted by molar-refractivity contribution is 0.359. The summed E-state index contributed by atoms with van der Waals surface area (Å²) in [6, 6.07) is 7.66. The van der Waals surface area contributed by atoms with Crippen LogP contribution in [0.5, 0.6) is 5.75 Å². The Hall–Kier alpha value is -1.59. The van der Waals surface area contributed by atoms with Crippen LogP contribution in [-0.4, -0.2) is 30.3 Å². The molecule has 2 aromatic rings. The average molecular weight is 282 g/mol.